The van der Waals surface area contributed by atoms with Gasteiger partial charge < -0.3 is 14.9 Å². The molecule has 1 aromatic rings. The van der Waals surface area contributed by atoms with Crippen molar-refractivity contribution in [1.82, 2.24) is 0 Å². The molecule has 0 spiro atoms. The molecule has 1 rings (SSSR count). The summed E-state index contributed by atoms with van der Waals surface area (Å²) in [7, 11) is 0. The highest BCUT2D eigenvalue weighted by molar-refractivity contribution is 7.09. The second-order valence-corrected chi connectivity index (χ2v) is 4.18. The van der Waals surface area contributed by atoms with Gasteiger partial charge in [0, 0.05) is 4.88 Å². The molecule has 0 radical (unpaired) electrons. The number of aliphatic hydroxyl groups is 1. The van der Waals surface area contributed by atoms with Gasteiger partial charge in [0.1, 0.15) is 0 Å². The third-order valence-electron chi connectivity index (χ3n) is 1.67. The van der Waals surface area contributed by atoms with Crippen molar-refractivity contribution in [3.8, 4) is 0 Å². The molecule has 14 heavy (non-hydrogen) atoms. The van der Waals surface area contributed by atoms with Crippen LogP contribution in [-0.2, 0) is 16.1 Å². The van der Waals surface area contributed by atoms with E-state index in [1.807, 2.05) is 17.5 Å². The van der Waals surface area contributed by atoms with Crippen LogP contribution in [0.2, 0.25) is 0 Å². The van der Waals surface area contributed by atoms with E-state index in [1.165, 1.54) is 18.3 Å². The Morgan fingerprint density at radius 1 is 1.71 bits per heavy atom. The fourth-order valence-electron chi connectivity index (χ4n) is 0.807. The lowest BCUT2D eigenvalue weighted by Crippen LogP contribution is -2.39. The number of rotatable bonds is 5. The van der Waals surface area contributed by atoms with Gasteiger partial charge in [-0.05, 0) is 18.4 Å². The summed E-state index contributed by atoms with van der Waals surface area (Å²) < 4.78 is 5.08. The molecule has 0 aliphatic rings. The second kappa shape index (κ2) is 4.54. The third kappa shape index (κ3) is 3.10. The van der Waals surface area contributed by atoms with E-state index in [0.717, 1.165) is 4.88 Å². The standard InChI is InChI=1S/C9H12O4S/c1-9(12,8(10)11)6-13-5-7-3-2-4-14-7/h2-4,12H,5-6H2,1H3,(H,10,11). The fourth-order valence-corrected chi connectivity index (χ4v) is 1.45. The Balaban J connectivity index is 2.31. The number of thiophene rings is 1. The molecular weight excluding hydrogens is 204 g/mol. The third-order valence-corrected chi connectivity index (χ3v) is 2.52. The number of aliphatic carboxylic acids is 1. The Hall–Kier alpha value is -0.910. The van der Waals surface area contributed by atoms with E-state index < -0.39 is 11.6 Å². The van der Waals surface area contributed by atoms with Crippen LogP contribution in [0.3, 0.4) is 0 Å². The van der Waals surface area contributed by atoms with Gasteiger partial charge in [-0.1, -0.05) is 6.07 Å². The molecule has 0 saturated heterocycles. The summed E-state index contributed by atoms with van der Waals surface area (Å²) in [6, 6.07) is 3.78. The Kier molecular flexibility index (Phi) is 3.62. The molecule has 78 valence electrons. The predicted molar refractivity (Wildman–Crippen MR) is 52.2 cm³/mol. The molecule has 5 heteroatoms. The SMILES string of the molecule is CC(O)(COCc1cccs1)C(=O)O. The van der Waals surface area contributed by atoms with Crippen molar-refractivity contribution in [3.63, 3.8) is 0 Å². The van der Waals surface area contributed by atoms with Crippen LogP contribution in [-0.4, -0.2) is 28.4 Å². The van der Waals surface area contributed by atoms with Crippen molar-refractivity contribution in [2.75, 3.05) is 6.61 Å². The van der Waals surface area contributed by atoms with Crippen molar-refractivity contribution in [2.24, 2.45) is 0 Å². The van der Waals surface area contributed by atoms with Crippen LogP contribution in [0.25, 0.3) is 0 Å². The van der Waals surface area contributed by atoms with E-state index >= 15 is 0 Å². The first-order valence-corrected chi connectivity index (χ1v) is 4.96. The van der Waals surface area contributed by atoms with Gasteiger partial charge >= 0.3 is 5.97 Å². The highest BCUT2D eigenvalue weighted by atomic mass is 32.1. The van der Waals surface area contributed by atoms with Gasteiger partial charge in [0.2, 0.25) is 0 Å². The van der Waals surface area contributed by atoms with Crippen molar-refractivity contribution >= 4 is 17.3 Å². The summed E-state index contributed by atoms with van der Waals surface area (Å²) >= 11 is 1.53. The quantitative estimate of drug-likeness (QED) is 0.773. The van der Waals surface area contributed by atoms with E-state index in [4.69, 9.17) is 9.84 Å². The van der Waals surface area contributed by atoms with E-state index in [-0.39, 0.29) is 6.61 Å². The Morgan fingerprint density at radius 2 is 2.43 bits per heavy atom. The molecular formula is C9H12O4S. The van der Waals surface area contributed by atoms with E-state index in [2.05, 4.69) is 0 Å². The fraction of sp³-hybridized carbons (Fsp3) is 0.444. The van der Waals surface area contributed by atoms with Gasteiger partial charge in [0.25, 0.3) is 0 Å². The van der Waals surface area contributed by atoms with E-state index in [9.17, 15) is 9.90 Å². The summed E-state index contributed by atoms with van der Waals surface area (Å²) in [5.74, 6) is -1.27. The molecule has 0 aliphatic heterocycles. The van der Waals surface area contributed by atoms with Gasteiger partial charge in [0.15, 0.2) is 5.60 Å². The molecule has 0 bridgehead atoms. The number of carboxylic acids is 1. The second-order valence-electron chi connectivity index (χ2n) is 3.15. The normalized spacial score (nSPS) is 15.0. The zero-order valence-electron chi connectivity index (χ0n) is 7.77. The number of hydrogen-bond donors (Lipinski definition) is 2. The summed E-state index contributed by atoms with van der Waals surface area (Å²) in [5, 5.41) is 19.8. The zero-order chi connectivity index (χ0) is 10.6. The predicted octanol–water partition coefficient (Wildman–Crippen LogP) is 1.10. The van der Waals surface area contributed by atoms with Crippen LogP contribution in [0.1, 0.15) is 11.8 Å². The molecule has 1 atom stereocenters. The number of ether oxygens (including phenoxy) is 1. The monoisotopic (exact) mass is 216 g/mol. The highest BCUT2D eigenvalue weighted by Crippen LogP contribution is 2.11. The largest absolute Gasteiger partial charge is 0.479 e. The molecule has 1 heterocycles. The van der Waals surface area contributed by atoms with Crippen LogP contribution in [0, 0.1) is 0 Å². The maximum absolute atomic E-state index is 10.5. The maximum Gasteiger partial charge on any atom is 0.337 e. The minimum atomic E-state index is -1.81. The van der Waals surface area contributed by atoms with Gasteiger partial charge in [-0.3, -0.25) is 0 Å². The molecule has 1 unspecified atom stereocenters. The first-order valence-electron chi connectivity index (χ1n) is 4.08. The minimum Gasteiger partial charge on any atom is -0.479 e. The van der Waals surface area contributed by atoms with Gasteiger partial charge in [-0.15, -0.1) is 11.3 Å². The van der Waals surface area contributed by atoms with Crippen molar-refractivity contribution in [1.29, 1.82) is 0 Å². The molecule has 0 saturated carbocycles. The number of hydrogen-bond acceptors (Lipinski definition) is 4. The lowest BCUT2D eigenvalue weighted by Gasteiger charge is -2.17. The lowest BCUT2D eigenvalue weighted by molar-refractivity contribution is -0.163. The summed E-state index contributed by atoms with van der Waals surface area (Å²) in [4.78, 5) is 11.5. The van der Waals surface area contributed by atoms with Crippen molar-refractivity contribution < 1.29 is 19.7 Å². The number of carboxylic acid groups (broad SMARTS) is 1. The Bertz CT molecular complexity index is 292. The molecule has 4 nitrogen and oxygen atoms in total. The molecule has 2 N–H and O–H groups in total. The molecule has 0 fully saturated rings. The van der Waals surface area contributed by atoms with Gasteiger partial charge in [-0.2, -0.15) is 0 Å². The van der Waals surface area contributed by atoms with Crippen molar-refractivity contribution in [3.05, 3.63) is 22.4 Å². The Morgan fingerprint density at radius 3 is 2.93 bits per heavy atom. The van der Waals surface area contributed by atoms with Crippen LogP contribution < -0.4 is 0 Å². The van der Waals surface area contributed by atoms with Crippen LogP contribution in [0.5, 0.6) is 0 Å². The average molecular weight is 216 g/mol. The topological polar surface area (TPSA) is 66.8 Å². The Labute approximate surface area is 85.8 Å². The van der Waals surface area contributed by atoms with Gasteiger partial charge in [-0.25, -0.2) is 4.79 Å². The summed E-state index contributed by atoms with van der Waals surface area (Å²) in [6.07, 6.45) is 0. The average Bonchev–Trinajstić information content (AvgIpc) is 2.56. The van der Waals surface area contributed by atoms with Crippen LogP contribution in [0.15, 0.2) is 17.5 Å². The van der Waals surface area contributed by atoms with E-state index in [0.29, 0.717) is 6.61 Å². The van der Waals surface area contributed by atoms with Crippen LogP contribution in [0.4, 0.5) is 0 Å². The molecule has 0 amide bonds. The molecule has 0 aromatic carbocycles. The zero-order valence-corrected chi connectivity index (χ0v) is 8.58. The van der Waals surface area contributed by atoms with Gasteiger partial charge in [0.05, 0.1) is 13.2 Å². The summed E-state index contributed by atoms with van der Waals surface area (Å²) in [6.45, 7) is 1.34. The number of carbonyl (C=O) groups is 1. The van der Waals surface area contributed by atoms with Crippen molar-refractivity contribution in [2.45, 2.75) is 19.1 Å². The highest BCUT2D eigenvalue weighted by Gasteiger charge is 2.29. The molecule has 0 aliphatic carbocycles. The van der Waals surface area contributed by atoms with Crippen LogP contribution >= 0.6 is 11.3 Å². The lowest BCUT2D eigenvalue weighted by atomic mass is 10.1. The summed E-state index contributed by atoms with van der Waals surface area (Å²) in [5.41, 5.74) is -1.81. The first kappa shape index (κ1) is 11.2. The maximum atomic E-state index is 10.5. The minimum absolute atomic E-state index is 0.208. The smallest absolute Gasteiger partial charge is 0.337 e. The first-order chi connectivity index (χ1) is 6.52. The molecule has 1 aromatic heterocycles. The van der Waals surface area contributed by atoms with E-state index in [1.54, 1.807) is 0 Å².